The van der Waals surface area contributed by atoms with Crippen molar-refractivity contribution in [2.45, 2.75) is 25.9 Å². The van der Waals surface area contributed by atoms with Crippen molar-refractivity contribution >= 4 is 5.91 Å². The summed E-state index contributed by atoms with van der Waals surface area (Å²) in [6.45, 7) is 2.98. The normalized spacial score (nSPS) is 12.9. The minimum Gasteiger partial charge on any atom is -0.392 e. The molecule has 0 aliphatic rings. The molecule has 0 rings (SSSR count). The number of nitrogens with one attached hydrogen (secondary N) is 1. The van der Waals surface area contributed by atoms with Crippen molar-refractivity contribution in [2.24, 2.45) is 5.73 Å². The van der Waals surface area contributed by atoms with Crippen LogP contribution in [0.4, 0.5) is 0 Å². The molecular formula is C7H16N2O2. The molecule has 0 fully saturated rings. The second-order valence-electron chi connectivity index (χ2n) is 2.48. The van der Waals surface area contributed by atoms with Gasteiger partial charge in [-0.1, -0.05) is 6.92 Å². The zero-order valence-electron chi connectivity index (χ0n) is 6.84. The van der Waals surface area contributed by atoms with Crippen LogP contribution < -0.4 is 11.1 Å². The standard InChI is InChI=1S/C7H16N2O2/c1-2-6(10)5-9-4-3-7(8)11/h6,9-10H,2-5H2,1H3,(H2,8,11). The highest BCUT2D eigenvalue weighted by molar-refractivity contribution is 5.73. The number of hydrogen-bond acceptors (Lipinski definition) is 3. The van der Waals surface area contributed by atoms with Gasteiger partial charge in [0.05, 0.1) is 6.10 Å². The van der Waals surface area contributed by atoms with Crippen LogP contribution in [0.1, 0.15) is 19.8 Å². The van der Waals surface area contributed by atoms with Crippen LogP contribution in [0.5, 0.6) is 0 Å². The Morgan fingerprint density at radius 1 is 1.73 bits per heavy atom. The van der Waals surface area contributed by atoms with Gasteiger partial charge in [-0.25, -0.2) is 0 Å². The van der Waals surface area contributed by atoms with E-state index in [1.165, 1.54) is 0 Å². The second-order valence-corrected chi connectivity index (χ2v) is 2.48. The molecular weight excluding hydrogens is 144 g/mol. The number of primary amides is 1. The van der Waals surface area contributed by atoms with Crippen LogP contribution in [0, 0.1) is 0 Å². The molecule has 1 atom stereocenters. The second kappa shape index (κ2) is 6.12. The van der Waals surface area contributed by atoms with E-state index >= 15 is 0 Å². The summed E-state index contributed by atoms with van der Waals surface area (Å²) in [4.78, 5) is 10.2. The van der Waals surface area contributed by atoms with Gasteiger partial charge in [0.25, 0.3) is 0 Å². The molecule has 0 bridgehead atoms. The third kappa shape index (κ3) is 7.29. The lowest BCUT2D eigenvalue weighted by Gasteiger charge is -2.07. The zero-order chi connectivity index (χ0) is 8.69. The Morgan fingerprint density at radius 2 is 2.36 bits per heavy atom. The fourth-order valence-corrected chi connectivity index (χ4v) is 0.625. The van der Waals surface area contributed by atoms with Crippen molar-refractivity contribution in [2.75, 3.05) is 13.1 Å². The first-order valence-corrected chi connectivity index (χ1v) is 3.84. The predicted molar refractivity (Wildman–Crippen MR) is 43.0 cm³/mol. The first-order chi connectivity index (χ1) is 5.16. The number of amides is 1. The van der Waals surface area contributed by atoms with E-state index in [0.29, 0.717) is 19.5 Å². The zero-order valence-corrected chi connectivity index (χ0v) is 6.84. The Labute approximate surface area is 66.8 Å². The summed E-state index contributed by atoms with van der Waals surface area (Å²) < 4.78 is 0. The van der Waals surface area contributed by atoms with Crippen LogP contribution >= 0.6 is 0 Å². The topological polar surface area (TPSA) is 75.3 Å². The quantitative estimate of drug-likeness (QED) is 0.446. The Morgan fingerprint density at radius 3 is 2.82 bits per heavy atom. The number of hydrogen-bond donors (Lipinski definition) is 3. The Bertz CT molecular complexity index is 117. The van der Waals surface area contributed by atoms with Gasteiger partial charge in [-0.3, -0.25) is 4.79 Å². The van der Waals surface area contributed by atoms with Crippen LogP contribution in [0.3, 0.4) is 0 Å². The summed E-state index contributed by atoms with van der Waals surface area (Å²) in [7, 11) is 0. The Hall–Kier alpha value is -0.610. The van der Waals surface area contributed by atoms with Gasteiger partial charge < -0.3 is 16.2 Å². The molecule has 11 heavy (non-hydrogen) atoms. The molecule has 4 N–H and O–H groups in total. The summed E-state index contributed by atoms with van der Waals surface area (Å²) >= 11 is 0. The fourth-order valence-electron chi connectivity index (χ4n) is 0.625. The van der Waals surface area contributed by atoms with E-state index in [-0.39, 0.29) is 12.0 Å². The Kier molecular flexibility index (Phi) is 5.78. The minimum atomic E-state index is -0.317. The minimum absolute atomic E-state index is 0.316. The molecule has 4 nitrogen and oxygen atoms in total. The number of nitrogens with two attached hydrogens (primary N) is 1. The van der Waals surface area contributed by atoms with Crippen molar-refractivity contribution in [1.29, 1.82) is 0 Å². The maximum Gasteiger partial charge on any atom is 0.218 e. The smallest absolute Gasteiger partial charge is 0.218 e. The highest BCUT2D eigenvalue weighted by Crippen LogP contribution is 1.85. The first-order valence-electron chi connectivity index (χ1n) is 3.84. The molecule has 0 saturated heterocycles. The van der Waals surface area contributed by atoms with Crippen molar-refractivity contribution in [1.82, 2.24) is 5.32 Å². The third-order valence-corrected chi connectivity index (χ3v) is 1.40. The van der Waals surface area contributed by atoms with Crippen LogP contribution in [-0.2, 0) is 4.79 Å². The summed E-state index contributed by atoms with van der Waals surface area (Å²) in [5.41, 5.74) is 4.90. The highest BCUT2D eigenvalue weighted by atomic mass is 16.3. The van der Waals surface area contributed by atoms with Crippen molar-refractivity contribution in [3.8, 4) is 0 Å². The molecule has 0 spiro atoms. The number of rotatable bonds is 6. The lowest BCUT2D eigenvalue weighted by molar-refractivity contribution is -0.117. The molecule has 0 aromatic rings. The van der Waals surface area contributed by atoms with Crippen LogP contribution in [-0.4, -0.2) is 30.2 Å². The molecule has 0 aliphatic heterocycles. The van der Waals surface area contributed by atoms with E-state index in [9.17, 15) is 4.79 Å². The van der Waals surface area contributed by atoms with Gasteiger partial charge in [-0.2, -0.15) is 0 Å². The monoisotopic (exact) mass is 160 g/mol. The average Bonchev–Trinajstić information content (AvgIpc) is 1.97. The summed E-state index contributed by atoms with van der Waals surface area (Å²) in [6.07, 6.45) is 0.739. The van der Waals surface area contributed by atoms with Crippen LogP contribution in [0.25, 0.3) is 0 Å². The predicted octanol–water partition coefficient (Wildman–Crippen LogP) is -0.778. The highest BCUT2D eigenvalue weighted by Gasteiger charge is 1.99. The summed E-state index contributed by atoms with van der Waals surface area (Å²) in [5.74, 6) is -0.316. The maximum absolute atomic E-state index is 10.2. The van der Waals surface area contributed by atoms with Crippen LogP contribution in [0.15, 0.2) is 0 Å². The fraction of sp³-hybridized carbons (Fsp3) is 0.857. The van der Waals surface area contributed by atoms with Gasteiger partial charge in [-0.15, -0.1) is 0 Å². The molecule has 1 unspecified atom stereocenters. The summed E-state index contributed by atoms with van der Waals surface area (Å²) in [6, 6.07) is 0. The van der Waals surface area contributed by atoms with E-state index in [0.717, 1.165) is 6.42 Å². The molecule has 66 valence electrons. The molecule has 4 heteroatoms. The van der Waals surface area contributed by atoms with Gasteiger partial charge in [0.15, 0.2) is 0 Å². The van der Waals surface area contributed by atoms with Crippen LogP contribution in [0.2, 0.25) is 0 Å². The van der Waals surface area contributed by atoms with Crippen molar-refractivity contribution < 1.29 is 9.90 Å². The summed E-state index contributed by atoms with van der Waals surface area (Å²) in [5, 5.41) is 12.0. The van der Waals surface area contributed by atoms with Crippen molar-refractivity contribution in [3.63, 3.8) is 0 Å². The van der Waals surface area contributed by atoms with Crippen molar-refractivity contribution in [3.05, 3.63) is 0 Å². The van der Waals surface area contributed by atoms with Gasteiger partial charge in [0.1, 0.15) is 0 Å². The van der Waals surface area contributed by atoms with Gasteiger partial charge >= 0.3 is 0 Å². The number of carbonyl (C=O) groups excluding carboxylic acids is 1. The molecule has 0 aromatic heterocycles. The molecule has 0 saturated carbocycles. The van der Waals surface area contributed by atoms with E-state index < -0.39 is 0 Å². The number of aliphatic hydroxyl groups excluding tert-OH is 1. The van der Waals surface area contributed by atoms with E-state index in [4.69, 9.17) is 10.8 Å². The lowest BCUT2D eigenvalue weighted by atomic mass is 10.3. The lowest BCUT2D eigenvalue weighted by Crippen LogP contribution is -2.29. The largest absolute Gasteiger partial charge is 0.392 e. The molecule has 0 aromatic carbocycles. The number of aliphatic hydroxyl groups is 1. The van der Waals surface area contributed by atoms with Gasteiger partial charge in [0.2, 0.25) is 5.91 Å². The number of carbonyl (C=O) groups is 1. The van der Waals surface area contributed by atoms with E-state index in [1.807, 2.05) is 6.92 Å². The van der Waals surface area contributed by atoms with E-state index in [1.54, 1.807) is 0 Å². The van der Waals surface area contributed by atoms with Gasteiger partial charge in [-0.05, 0) is 6.42 Å². The molecule has 0 aliphatic carbocycles. The molecule has 1 amide bonds. The third-order valence-electron chi connectivity index (χ3n) is 1.40. The molecule has 0 radical (unpaired) electrons. The molecule has 0 heterocycles. The maximum atomic E-state index is 10.2. The Balaban J connectivity index is 3.08. The average molecular weight is 160 g/mol. The van der Waals surface area contributed by atoms with E-state index in [2.05, 4.69) is 5.32 Å². The first kappa shape index (κ1) is 10.4. The SMILES string of the molecule is CCC(O)CNCCC(N)=O. The van der Waals surface area contributed by atoms with Gasteiger partial charge in [0, 0.05) is 19.5 Å².